The van der Waals surface area contributed by atoms with Crippen molar-refractivity contribution in [3.05, 3.63) is 64.3 Å². The topological polar surface area (TPSA) is 87.9 Å². The van der Waals surface area contributed by atoms with E-state index in [2.05, 4.69) is 20.2 Å². The third-order valence-corrected chi connectivity index (χ3v) is 5.36. The molecule has 0 spiro atoms. The van der Waals surface area contributed by atoms with E-state index in [-0.39, 0.29) is 18.4 Å². The van der Waals surface area contributed by atoms with E-state index in [0.29, 0.717) is 11.6 Å². The molecule has 0 radical (unpaired) electrons. The average molecular weight is 365 g/mol. The van der Waals surface area contributed by atoms with Crippen LogP contribution in [0.15, 0.2) is 46.6 Å². The van der Waals surface area contributed by atoms with Gasteiger partial charge in [0.1, 0.15) is 27.9 Å². The number of fused-ring (bicyclic) bond motifs is 2. The van der Waals surface area contributed by atoms with Gasteiger partial charge in [-0.15, -0.1) is 21.5 Å². The lowest BCUT2D eigenvalue weighted by Gasteiger charge is -2.33. The van der Waals surface area contributed by atoms with Crippen molar-refractivity contribution in [2.45, 2.75) is 18.9 Å². The number of benzene rings is 1. The number of hydrogen-bond donors (Lipinski definition) is 1. The molecular weight excluding hydrogens is 350 g/mol. The van der Waals surface area contributed by atoms with Crippen LogP contribution in [0.3, 0.4) is 0 Å². The first kappa shape index (κ1) is 15.3. The molecule has 1 atom stereocenters. The SMILES string of the molecule is O=C(Cc1nncs1)N1CCc2[nH]cnc2[C@H]1c1cc2ccccc2o1. The van der Waals surface area contributed by atoms with Gasteiger partial charge in [0.05, 0.1) is 18.4 Å². The van der Waals surface area contributed by atoms with E-state index in [0.717, 1.165) is 34.5 Å². The highest BCUT2D eigenvalue weighted by Crippen LogP contribution is 2.36. The van der Waals surface area contributed by atoms with E-state index in [9.17, 15) is 4.79 Å². The number of furan rings is 1. The first-order chi connectivity index (χ1) is 12.8. The molecule has 8 heteroatoms. The lowest BCUT2D eigenvalue weighted by atomic mass is 10.00. The van der Waals surface area contributed by atoms with E-state index in [4.69, 9.17) is 4.42 Å². The van der Waals surface area contributed by atoms with E-state index in [1.807, 2.05) is 35.2 Å². The largest absolute Gasteiger partial charge is 0.458 e. The van der Waals surface area contributed by atoms with Crippen LogP contribution in [-0.4, -0.2) is 37.5 Å². The van der Waals surface area contributed by atoms with Gasteiger partial charge in [-0.25, -0.2) is 4.98 Å². The maximum absolute atomic E-state index is 13.0. The molecule has 0 saturated heterocycles. The van der Waals surface area contributed by atoms with Crippen molar-refractivity contribution < 1.29 is 9.21 Å². The summed E-state index contributed by atoms with van der Waals surface area (Å²) in [5.41, 5.74) is 4.35. The van der Waals surface area contributed by atoms with E-state index < -0.39 is 0 Å². The molecule has 7 nitrogen and oxygen atoms in total. The second-order valence-electron chi connectivity index (χ2n) is 6.20. The molecule has 0 unspecified atom stereocenters. The average Bonchev–Trinajstić information content (AvgIpc) is 3.40. The van der Waals surface area contributed by atoms with E-state index in [1.165, 1.54) is 11.3 Å². The maximum atomic E-state index is 13.0. The standard InChI is InChI=1S/C18H15N5O2S/c24-16(8-15-22-21-10-26-15)23-6-5-12-17(20-9-19-12)18(23)14-7-11-3-1-2-4-13(11)25-14/h1-4,7,9-10,18H,5-6,8H2,(H,19,20)/t18-/m1/s1. The Morgan fingerprint density at radius 2 is 2.31 bits per heavy atom. The second kappa shape index (κ2) is 6.06. The summed E-state index contributed by atoms with van der Waals surface area (Å²) in [6, 6.07) is 9.51. The Morgan fingerprint density at radius 3 is 3.15 bits per heavy atom. The summed E-state index contributed by atoms with van der Waals surface area (Å²) < 4.78 is 6.08. The van der Waals surface area contributed by atoms with Crippen LogP contribution in [-0.2, 0) is 17.6 Å². The van der Waals surface area contributed by atoms with Gasteiger partial charge in [0.25, 0.3) is 0 Å². The number of aromatic nitrogens is 4. The van der Waals surface area contributed by atoms with Crippen LogP contribution in [0.1, 0.15) is 28.2 Å². The van der Waals surface area contributed by atoms with Gasteiger partial charge in [-0.3, -0.25) is 4.79 Å². The summed E-state index contributed by atoms with van der Waals surface area (Å²) in [6.07, 6.45) is 2.66. The van der Waals surface area contributed by atoms with E-state index in [1.54, 1.807) is 11.8 Å². The summed E-state index contributed by atoms with van der Waals surface area (Å²) >= 11 is 1.39. The molecular formula is C18H15N5O2S. The molecule has 0 fully saturated rings. The lowest BCUT2D eigenvalue weighted by Crippen LogP contribution is -2.41. The maximum Gasteiger partial charge on any atom is 0.230 e. The van der Waals surface area contributed by atoms with Gasteiger partial charge >= 0.3 is 0 Å². The number of hydrogen-bond acceptors (Lipinski definition) is 6. The monoisotopic (exact) mass is 365 g/mol. The number of amides is 1. The fraction of sp³-hybridized carbons (Fsp3) is 0.222. The van der Waals surface area contributed by atoms with Crippen molar-refractivity contribution in [3.8, 4) is 0 Å². The van der Waals surface area contributed by atoms with Crippen LogP contribution in [0.5, 0.6) is 0 Å². The first-order valence-electron chi connectivity index (χ1n) is 8.35. The molecule has 0 saturated carbocycles. The number of nitrogens with one attached hydrogen (secondary N) is 1. The fourth-order valence-corrected chi connectivity index (χ4v) is 3.99. The molecule has 130 valence electrons. The summed E-state index contributed by atoms with van der Waals surface area (Å²) in [5.74, 6) is 0.728. The normalized spacial score (nSPS) is 16.8. The van der Waals surface area contributed by atoms with Gasteiger partial charge in [0, 0.05) is 24.0 Å². The van der Waals surface area contributed by atoms with E-state index >= 15 is 0 Å². The van der Waals surface area contributed by atoms with Crippen molar-refractivity contribution in [2.75, 3.05) is 6.54 Å². The quantitative estimate of drug-likeness (QED) is 0.603. The number of nitrogens with zero attached hydrogens (tertiary/aromatic N) is 4. The zero-order valence-electron chi connectivity index (χ0n) is 13.8. The fourth-order valence-electron chi connectivity index (χ4n) is 3.47. The predicted molar refractivity (Wildman–Crippen MR) is 95.7 cm³/mol. The van der Waals surface area contributed by atoms with Crippen LogP contribution < -0.4 is 0 Å². The summed E-state index contributed by atoms with van der Waals surface area (Å²) in [5, 5.41) is 9.54. The van der Waals surface area contributed by atoms with Crippen molar-refractivity contribution in [1.82, 2.24) is 25.1 Å². The van der Waals surface area contributed by atoms with Crippen molar-refractivity contribution >= 4 is 28.2 Å². The van der Waals surface area contributed by atoms with Gasteiger partial charge in [0.15, 0.2) is 0 Å². The van der Waals surface area contributed by atoms with Crippen LogP contribution in [0.2, 0.25) is 0 Å². The summed E-state index contributed by atoms with van der Waals surface area (Å²) in [4.78, 5) is 22.5. The molecule has 4 heterocycles. The first-order valence-corrected chi connectivity index (χ1v) is 9.22. The predicted octanol–water partition coefficient (Wildman–Crippen LogP) is 2.72. The molecule has 3 aromatic heterocycles. The number of rotatable bonds is 3. The number of carbonyl (C=O) groups excluding carboxylic acids is 1. The number of H-pyrrole nitrogens is 1. The molecule has 26 heavy (non-hydrogen) atoms. The molecule has 1 N–H and O–H groups in total. The zero-order valence-corrected chi connectivity index (χ0v) is 14.6. The summed E-state index contributed by atoms with van der Waals surface area (Å²) in [7, 11) is 0. The van der Waals surface area contributed by atoms with Crippen LogP contribution >= 0.6 is 11.3 Å². The molecule has 1 aliphatic heterocycles. The highest BCUT2D eigenvalue weighted by molar-refractivity contribution is 7.09. The molecule has 1 aromatic carbocycles. The second-order valence-corrected chi connectivity index (χ2v) is 7.12. The number of aromatic amines is 1. The lowest BCUT2D eigenvalue weighted by molar-refractivity contribution is -0.133. The van der Waals surface area contributed by atoms with Gasteiger partial charge in [-0.1, -0.05) is 18.2 Å². The van der Waals surface area contributed by atoms with Gasteiger partial charge in [-0.2, -0.15) is 0 Å². The Bertz CT molecular complexity index is 1040. The van der Waals surface area contributed by atoms with Crippen molar-refractivity contribution in [3.63, 3.8) is 0 Å². The number of carbonyl (C=O) groups is 1. The Hall–Kier alpha value is -3.00. The van der Waals surface area contributed by atoms with Gasteiger partial charge in [-0.05, 0) is 12.1 Å². The Morgan fingerprint density at radius 1 is 1.38 bits per heavy atom. The highest BCUT2D eigenvalue weighted by atomic mass is 32.1. The minimum Gasteiger partial charge on any atom is -0.458 e. The Kier molecular flexibility index (Phi) is 3.56. The van der Waals surface area contributed by atoms with Crippen LogP contribution in [0, 0.1) is 0 Å². The minimum absolute atomic E-state index is 0.000793. The molecule has 4 aromatic rings. The Labute approximate surface area is 152 Å². The molecule has 0 aliphatic carbocycles. The van der Waals surface area contributed by atoms with Gasteiger partial charge < -0.3 is 14.3 Å². The van der Waals surface area contributed by atoms with Crippen LogP contribution in [0.4, 0.5) is 0 Å². The number of para-hydroxylation sites is 1. The van der Waals surface area contributed by atoms with Gasteiger partial charge in [0.2, 0.25) is 5.91 Å². The smallest absolute Gasteiger partial charge is 0.230 e. The third-order valence-electron chi connectivity index (χ3n) is 4.67. The third kappa shape index (κ3) is 2.50. The minimum atomic E-state index is -0.335. The molecule has 1 amide bonds. The van der Waals surface area contributed by atoms with Crippen molar-refractivity contribution in [2.24, 2.45) is 0 Å². The van der Waals surface area contributed by atoms with Crippen LogP contribution in [0.25, 0.3) is 11.0 Å². The van der Waals surface area contributed by atoms with Crippen molar-refractivity contribution in [1.29, 1.82) is 0 Å². The highest BCUT2D eigenvalue weighted by Gasteiger charge is 2.36. The Balaban J connectivity index is 1.56. The summed E-state index contributed by atoms with van der Waals surface area (Å²) in [6.45, 7) is 0.606. The molecule has 1 aliphatic rings. The zero-order chi connectivity index (χ0) is 17.5. The molecule has 0 bridgehead atoms. The number of imidazole rings is 1. The molecule has 5 rings (SSSR count).